The van der Waals surface area contributed by atoms with Crippen molar-refractivity contribution in [3.05, 3.63) is 23.2 Å². The van der Waals surface area contributed by atoms with Gasteiger partial charge in [-0.25, -0.2) is 9.97 Å². The number of hydrogen-bond acceptors (Lipinski definition) is 3. The monoisotopic (exact) mass is 252 g/mol. The van der Waals surface area contributed by atoms with Crippen molar-refractivity contribution in [1.82, 2.24) is 14.4 Å². The van der Waals surface area contributed by atoms with E-state index in [9.17, 15) is 0 Å². The quantitative estimate of drug-likeness (QED) is 0.775. The normalized spacial score (nSPS) is 15.9. The predicted octanol–water partition coefficient (Wildman–Crippen LogP) is 1.70. The number of nitrogens with zero attached hydrogens (tertiary/aromatic N) is 4. The van der Waals surface area contributed by atoms with E-state index in [2.05, 4.69) is 30.8 Å². The fourth-order valence-electron chi connectivity index (χ4n) is 1.63. The molecule has 0 aromatic carbocycles. The third-order valence-electron chi connectivity index (χ3n) is 2.48. The summed E-state index contributed by atoms with van der Waals surface area (Å²) in [4.78, 5) is 11.0. The Morgan fingerprint density at radius 2 is 2.21 bits per heavy atom. The van der Waals surface area contributed by atoms with Gasteiger partial charge in [-0.3, -0.25) is 0 Å². The Hall–Kier alpha value is -1.10. The maximum Gasteiger partial charge on any atom is 0.180 e. The molecule has 0 aliphatic carbocycles. The molecule has 72 valence electrons. The number of rotatable bonds is 1. The van der Waals surface area contributed by atoms with E-state index in [1.165, 1.54) is 6.42 Å². The second-order valence-corrected chi connectivity index (χ2v) is 4.20. The molecule has 1 aliphatic rings. The lowest BCUT2D eigenvalue weighted by molar-refractivity contribution is 0.609. The van der Waals surface area contributed by atoms with E-state index in [0.717, 1.165) is 29.2 Å². The topological polar surface area (TPSA) is 33.4 Å². The lowest BCUT2D eigenvalue weighted by Crippen LogP contribution is -2.38. The Morgan fingerprint density at radius 1 is 1.36 bits per heavy atom. The van der Waals surface area contributed by atoms with Crippen LogP contribution in [0.1, 0.15) is 6.42 Å². The standard InChI is InChI=1S/C9H9BrN4/c10-7-6-14-5-2-11-8(14)9(12-7)13-3-1-4-13/h2,5-6H,1,3-4H2. The van der Waals surface area contributed by atoms with Crippen molar-refractivity contribution in [2.75, 3.05) is 18.0 Å². The van der Waals surface area contributed by atoms with Gasteiger partial charge in [-0.15, -0.1) is 0 Å². The molecular formula is C9H9BrN4. The first-order valence-corrected chi connectivity index (χ1v) is 5.38. The fraction of sp³-hybridized carbons (Fsp3) is 0.333. The summed E-state index contributed by atoms with van der Waals surface area (Å²) in [5.41, 5.74) is 0.938. The first-order valence-electron chi connectivity index (χ1n) is 4.59. The van der Waals surface area contributed by atoms with Crippen molar-refractivity contribution in [2.24, 2.45) is 0 Å². The molecule has 3 rings (SSSR count). The minimum Gasteiger partial charge on any atom is -0.353 e. The highest BCUT2D eigenvalue weighted by molar-refractivity contribution is 9.10. The molecule has 2 aromatic rings. The lowest BCUT2D eigenvalue weighted by Gasteiger charge is -2.32. The third-order valence-corrected chi connectivity index (χ3v) is 2.86. The largest absolute Gasteiger partial charge is 0.353 e. The van der Waals surface area contributed by atoms with Gasteiger partial charge in [0.1, 0.15) is 4.60 Å². The molecular weight excluding hydrogens is 244 g/mol. The Morgan fingerprint density at radius 3 is 2.93 bits per heavy atom. The van der Waals surface area contributed by atoms with E-state index in [0.29, 0.717) is 0 Å². The van der Waals surface area contributed by atoms with Crippen molar-refractivity contribution in [3.63, 3.8) is 0 Å². The van der Waals surface area contributed by atoms with Crippen LogP contribution in [0.25, 0.3) is 5.65 Å². The average Bonchev–Trinajstić information content (AvgIpc) is 2.47. The van der Waals surface area contributed by atoms with E-state index in [1.807, 2.05) is 16.8 Å². The molecule has 0 amide bonds. The van der Waals surface area contributed by atoms with Gasteiger partial charge in [-0.05, 0) is 22.4 Å². The van der Waals surface area contributed by atoms with Crippen LogP contribution in [-0.2, 0) is 0 Å². The Balaban J connectivity index is 2.23. The molecule has 14 heavy (non-hydrogen) atoms. The van der Waals surface area contributed by atoms with Crippen LogP contribution in [0.15, 0.2) is 23.2 Å². The zero-order valence-corrected chi connectivity index (χ0v) is 9.11. The fourth-order valence-corrected chi connectivity index (χ4v) is 2.01. The maximum atomic E-state index is 4.45. The number of hydrogen-bond donors (Lipinski definition) is 0. The van der Waals surface area contributed by atoms with Crippen molar-refractivity contribution < 1.29 is 0 Å². The van der Waals surface area contributed by atoms with Crippen molar-refractivity contribution in [1.29, 1.82) is 0 Å². The lowest BCUT2D eigenvalue weighted by atomic mass is 10.2. The van der Waals surface area contributed by atoms with E-state index < -0.39 is 0 Å². The Kier molecular flexibility index (Phi) is 1.73. The number of anilines is 1. The van der Waals surface area contributed by atoms with Gasteiger partial charge in [0.2, 0.25) is 0 Å². The average molecular weight is 253 g/mol. The molecule has 0 saturated carbocycles. The molecule has 1 saturated heterocycles. The molecule has 0 atom stereocenters. The van der Waals surface area contributed by atoms with E-state index in [1.54, 1.807) is 6.20 Å². The summed E-state index contributed by atoms with van der Waals surface area (Å²) in [5, 5.41) is 0. The van der Waals surface area contributed by atoms with Gasteiger partial charge in [0.25, 0.3) is 0 Å². The molecule has 0 N–H and O–H groups in total. The first-order chi connectivity index (χ1) is 6.84. The summed E-state index contributed by atoms with van der Waals surface area (Å²) in [7, 11) is 0. The van der Waals surface area contributed by atoms with Crippen molar-refractivity contribution in [3.8, 4) is 0 Å². The molecule has 1 aliphatic heterocycles. The molecule has 0 bridgehead atoms. The zero-order valence-electron chi connectivity index (χ0n) is 7.52. The summed E-state index contributed by atoms with van der Waals surface area (Å²) < 4.78 is 2.84. The molecule has 2 aromatic heterocycles. The minimum absolute atomic E-state index is 0.852. The predicted molar refractivity (Wildman–Crippen MR) is 57.5 cm³/mol. The molecule has 3 heterocycles. The van der Waals surface area contributed by atoms with Gasteiger partial charge in [0, 0.05) is 31.7 Å². The molecule has 0 radical (unpaired) electrons. The number of fused-ring (bicyclic) bond motifs is 1. The SMILES string of the molecule is Brc1cn2ccnc2c(N2CCC2)n1. The number of halogens is 1. The highest BCUT2D eigenvalue weighted by atomic mass is 79.9. The maximum absolute atomic E-state index is 4.45. The summed E-state index contributed by atoms with van der Waals surface area (Å²) in [6.07, 6.45) is 6.91. The van der Waals surface area contributed by atoms with Crippen LogP contribution in [0.5, 0.6) is 0 Å². The van der Waals surface area contributed by atoms with Crippen LogP contribution in [-0.4, -0.2) is 27.5 Å². The van der Waals surface area contributed by atoms with Crippen LogP contribution in [0.2, 0.25) is 0 Å². The van der Waals surface area contributed by atoms with Crippen LogP contribution in [0.3, 0.4) is 0 Å². The smallest absolute Gasteiger partial charge is 0.180 e. The molecule has 0 spiro atoms. The zero-order chi connectivity index (χ0) is 9.54. The van der Waals surface area contributed by atoms with Crippen LogP contribution in [0.4, 0.5) is 5.82 Å². The van der Waals surface area contributed by atoms with Crippen LogP contribution < -0.4 is 4.90 Å². The molecule has 4 nitrogen and oxygen atoms in total. The van der Waals surface area contributed by atoms with Gasteiger partial charge >= 0.3 is 0 Å². The molecule has 5 heteroatoms. The van der Waals surface area contributed by atoms with E-state index >= 15 is 0 Å². The van der Waals surface area contributed by atoms with Gasteiger partial charge in [-0.1, -0.05) is 0 Å². The summed E-state index contributed by atoms with van der Waals surface area (Å²) in [6.45, 7) is 2.18. The van der Waals surface area contributed by atoms with Crippen LogP contribution >= 0.6 is 15.9 Å². The van der Waals surface area contributed by atoms with Gasteiger partial charge < -0.3 is 9.30 Å². The van der Waals surface area contributed by atoms with E-state index in [4.69, 9.17) is 0 Å². The Labute approximate surface area is 89.7 Å². The second kappa shape index (κ2) is 2.95. The highest BCUT2D eigenvalue weighted by Gasteiger charge is 2.19. The molecule has 0 unspecified atom stereocenters. The number of imidazole rings is 1. The first kappa shape index (κ1) is 8.23. The minimum atomic E-state index is 0.852. The van der Waals surface area contributed by atoms with Gasteiger partial charge in [-0.2, -0.15) is 0 Å². The van der Waals surface area contributed by atoms with Crippen molar-refractivity contribution >= 4 is 27.4 Å². The van der Waals surface area contributed by atoms with Gasteiger partial charge in [0.15, 0.2) is 11.5 Å². The Bertz CT molecular complexity index is 475. The van der Waals surface area contributed by atoms with Gasteiger partial charge in [0.05, 0.1) is 0 Å². The number of aromatic nitrogens is 3. The highest BCUT2D eigenvalue weighted by Crippen LogP contribution is 2.24. The summed E-state index contributed by atoms with van der Waals surface area (Å²) >= 11 is 3.40. The summed E-state index contributed by atoms with van der Waals surface area (Å²) in [6, 6.07) is 0. The van der Waals surface area contributed by atoms with Crippen molar-refractivity contribution in [2.45, 2.75) is 6.42 Å². The summed E-state index contributed by atoms with van der Waals surface area (Å²) in [5.74, 6) is 0.982. The molecule has 1 fully saturated rings. The second-order valence-electron chi connectivity index (χ2n) is 3.39. The van der Waals surface area contributed by atoms with E-state index in [-0.39, 0.29) is 0 Å². The third kappa shape index (κ3) is 1.12. The van der Waals surface area contributed by atoms with Crippen LogP contribution in [0, 0.1) is 0 Å².